The van der Waals surface area contributed by atoms with Crippen molar-refractivity contribution in [3.8, 4) is 11.1 Å². The lowest BCUT2D eigenvalue weighted by Crippen LogP contribution is -2.39. The number of carboxylic acids is 1. The molecule has 3 amide bonds. The molecule has 5 rings (SSSR count). The summed E-state index contributed by atoms with van der Waals surface area (Å²) in [6.45, 7) is 0.199. The number of nitrogens with zero attached hydrogens (tertiary/aromatic N) is 1. The van der Waals surface area contributed by atoms with Crippen LogP contribution in [0.25, 0.3) is 16.7 Å². The summed E-state index contributed by atoms with van der Waals surface area (Å²) in [7, 11) is 0. The molecule has 0 heterocycles. The highest BCUT2D eigenvalue weighted by Crippen LogP contribution is 2.29. The third kappa shape index (κ3) is 8.25. The van der Waals surface area contributed by atoms with E-state index < -0.39 is 24.5 Å². The van der Waals surface area contributed by atoms with E-state index in [-0.39, 0.29) is 12.6 Å². The number of aliphatic hydroxyl groups excluding tert-OH is 1. The van der Waals surface area contributed by atoms with Crippen molar-refractivity contribution in [3.63, 3.8) is 0 Å². The highest BCUT2D eigenvalue weighted by molar-refractivity contribution is 5.95. The third-order valence-corrected chi connectivity index (χ3v) is 7.92. The van der Waals surface area contributed by atoms with Gasteiger partial charge >= 0.3 is 12.0 Å². The highest BCUT2D eigenvalue weighted by atomic mass is 16.4. The van der Waals surface area contributed by atoms with Crippen LogP contribution in [0.2, 0.25) is 0 Å². The normalized spacial score (nSPS) is 13.3. The molecule has 1 atom stereocenters. The molecule has 4 N–H and O–H groups in total. The van der Waals surface area contributed by atoms with Crippen molar-refractivity contribution in [2.45, 2.75) is 44.9 Å². The van der Waals surface area contributed by atoms with E-state index in [9.17, 15) is 19.5 Å². The van der Waals surface area contributed by atoms with Gasteiger partial charge in [-0.15, -0.1) is 0 Å². The SMILES string of the molecule is O=C(NC[C@@H](O)C(=O)O)c1ccc(CN(C(=O)NCc2ccccc2-c2ccccc2)c2ccc(C3=CCCCC3)cc2)cc1. The Morgan fingerprint density at radius 3 is 2.18 bits per heavy atom. The van der Waals surface area contributed by atoms with E-state index in [4.69, 9.17) is 5.11 Å². The van der Waals surface area contributed by atoms with Crippen LogP contribution in [0.3, 0.4) is 0 Å². The monoisotopic (exact) mass is 603 g/mol. The number of aliphatic carboxylic acids is 1. The number of hydrogen-bond donors (Lipinski definition) is 4. The van der Waals surface area contributed by atoms with Crippen molar-refractivity contribution in [1.82, 2.24) is 10.6 Å². The Labute approximate surface area is 263 Å². The van der Waals surface area contributed by atoms with Gasteiger partial charge in [0.25, 0.3) is 5.91 Å². The average molecular weight is 604 g/mol. The second kappa shape index (κ2) is 15.0. The van der Waals surface area contributed by atoms with Gasteiger partial charge in [0.05, 0.1) is 13.1 Å². The fraction of sp³-hybridized carbons (Fsp3) is 0.216. The van der Waals surface area contributed by atoms with Gasteiger partial charge < -0.3 is 20.8 Å². The molecule has 8 heteroatoms. The molecule has 4 aromatic rings. The zero-order chi connectivity index (χ0) is 31.6. The van der Waals surface area contributed by atoms with Crippen molar-refractivity contribution in [3.05, 3.63) is 131 Å². The number of amides is 3. The first kappa shape index (κ1) is 31.2. The van der Waals surface area contributed by atoms with Gasteiger partial charge in [-0.3, -0.25) is 9.69 Å². The molecule has 1 aliphatic carbocycles. The third-order valence-electron chi connectivity index (χ3n) is 7.92. The van der Waals surface area contributed by atoms with Crippen LogP contribution in [0.1, 0.15) is 52.7 Å². The fourth-order valence-electron chi connectivity index (χ4n) is 5.40. The number of rotatable bonds is 11. The molecule has 1 aliphatic rings. The van der Waals surface area contributed by atoms with E-state index in [2.05, 4.69) is 41.0 Å². The zero-order valence-corrected chi connectivity index (χ0v) is 25.0. The molecule has 0 saturated carbocycles. The van der Waals surface area contributed by atoms with E-state index in [0.29, 0.717) is 12.1 Å². The van der Waals surface area contributed by atoms with Gasteiger partial charge in [0.2, 0.25) is 0 Å². The van der Waals surface area contributed by atoms with Gasteiger partial charge in [-0.25, -0.2) is 9.59 Å². The van der Waals surface area contributed by atoms with Gasteiger partial charge in [-0.05, 0) is 83.3 Å². The first-order valence-electron chi connectivity index (χ1n) is 15.2. The summed E-state index contributed by atoms with van der Waals surface area (Å²) in [5.74, 6) is -1.91. The van der Waals surface area contributed by atoms with Crippen molar-refractivity contribution >= 4 is 29.2 Å². The second-order valence-electron chi connectivity index (χ2n) is 11.1. The minimum atomic E-state index is -1.68. The van der Waals surface area contributed by atoms with Crippen LogP contribution in [0.15, 0.2) is 109 Å². The van der Waals surface area contributed by atoms with E-state index in [1.54, 1.807) is 29.2 Å². The molecule has 45 heavy (non-hydrogen) atoms. The van der Waals surface area contributed by atoms with Crippen LogP contribution in [0.5, 0.6) is 0 Å². The minimum Gasteiger partial charge on any atom is -0.479 e. The molecule has 0 unspecified atom stereocenters. The number of carbonyl (C=O) groups is 3. The molecular weight excluding hydrogens is 566 g/mol. The van der Waals surface area contributed by atoms with Crippen LogP contribution in [0.4, 0.5) is 10.5 Å². The lowest BCUT2D eigenvalue weighted by atomic mass is 9.93. The van der Waals surface area contributed by atoms with Gasteiger partial charge in [-0.2, -0.15) is 0 Å². The molecule has 4 aromatic carbocycles. The van der Waals surface area contributed by atoms with E-state index in [0.717, 1.165) is 40.8 Å². The number of allylic oxidation sites excluding steroid dienone is 2. The molecule has 0 spiro atoms. The maximum absolute atomic E-state index is 13.8. The zero-order valence-electron chi connectivity index (χ0n) is 25.0. The smallest absolute Gasteiger partial charge is 0.334 e. The molecular formula is C37H37N3O5. The Bertz CT molecular complexity index is 1650. The number of carboxylic acid groups (broad SMARTS) is 1. The second-order valence-corrected chi connectivity index (χ2v) is 11.1. The summed E-state index contributed by atoms with van der Waals surface area (Å²) in [5.41, 5.74) is 7.50. The van der Waals surface area contributed by atoms with Crippen molar-refractivity contribution in [1.29, 1.82) is 0 Å². The van der Waals surface area contributed by atoms with Crippen molar-refractivity contribution in [2.75, 3.05) is 11.4 Å². The first-order valence-corrected chi connectivity index (χ1v) is 15.2. The summed E-state index contributed by atoms with van der Waals surface area (Å²) < 4.78 is 0. The highest BCUT2D eigenvalue weighted by Gasteiger charge is 2.19. The number of anilines is 1. The van der Waals surface area contributed by atoms with Crippen LogP contribution in [-0.4, -0.2) is 40.8 Å². The van der Waals surface area contributed by atoms with Gasteiger partial charge in [0.1, 0.15) is 0 Å². The molecule has 0 saturated heterocycles. The largest absolute Gasteiger partial charge is 0.479 e. The van der Waals surface area contributed by atoms with Gasteiger partial charge in [0.15, 0.2) is 6.10 Å². The van der Waals surface area contributed by atoms with E-state index in [1.165, 1.54) is 24.0 Å². The number of benzene rings is 4. The summed E-state index contributed by atoms with van der Waals surface area (Å²) in [4.78, 5) is 38.8. The van der Waals surface area contributed by atoms with Crippen molar-refractivity contribution < 1.29 is 24.6 Å². The topological polar surface area (TPSA) is 119 Å². The van der Waals surface area contributed by atoms with Crippen molar-refractivity contribution in [2.24, 2.45) is 0 Å². The standard InChI is InChI=1S/C37H37N3O5/c41-34(36(43)44)24-38-35(42)30-17-15-26(16-18-30)25-40(32-21-19-28(20-22-32)27-9-3-1-4-10-27)37(45)39-23-31-13-7-8-14-33(31)29-11-5-2-6-12-29/h2,5-9,11-22,34,41H,1,3-4,10,23-25H2,(H,38,42)(H,39,45)(H,43,44)/t34-/m1/s1. The van der Waals surface area contributed by atoms with Crippen LogP contribution in [0, 0.1) is 0 Å². The number of aliphatic hydroxyl groups is 1. The minimum absolute atomic E-state index is 0.257. The lowest BCUT2D eigenvalue weighted by Gasteiger charge is -2.24. The molecule has 0 aromatic heterocycles. The van der Waals surface area contributed by atoms with Crippen LogP contribution < -0.4 is 15.5 Å². The fourth-order valence-corrected chi connectivity index (χ4v) is 5.40. The molecule has 0 radical (unpaired) electrons. The Morgan fingerprint density at radius 1 is 0.778 bits per heavy atom. The number of nitrogens with one attached hydrogen (secondary N) is 2. The summed E-state index contributed by atoms with van der Waals surface area (Å²) in [6, 6.07) is 32.6. The number of urea groups is 1. The Kier molecular flexibility index (Phi) is 10.4. The maximum atomic E-state index is 13.8. The van der Waals surface area contributed by atoms with Crippen LogP contribution in [-0.2, 0) is 17.9 Å². The Hall–Kier alpha value is -5.21. The molecule has 230 valence electrons. The van der Waals surface area contributed by atoms with Gasteiger partial charge in [0, 0.05) is 17.8 Å². The maximum Gasteiger partial charge on any atom is 0.334 e. The number of carbonyl (C=O) groups excluding carboxylic acids is 2. The van der Waals surface area contributed by atoms with E-state index >= 15 is 0 Å². The van der Waals surface area contributed by atoms with Crippen LogP contribution >= 0.6 is 0 Å². The Morgan fingerprint density at radius 2 is 1.49 bits per heavy atom. The average Bonchev–Trinajstić information content (AvgIpc) is 3.09. The molecule has 0 bridgehead atoms. The molecule has 0 aliphatic heterocycles. The van der Waals surface area contributed by atoms with E-state index in [1.807, 2.05) is 54.6 Å². The predicted octanol–water partition coefficient (Wildman–Crippen LogP) is 6.40. The quantitative estimate of drug-likeness (QED) is 0.158. The number of hydrogen-bond acceptors (Lipinski definition) is 4. The first-order chi connectivity index (χ1) is 21.9. The Balaban J connectivity index is 1.34. The predicted molar refractivity (Wildman–Crippen MR) is 176 cm³/mol. The lowest BCUT2D eigenvalue weighted by molar-refractivity contribution is -0.146. The molecule has 0 fully saturated rings. The summed E-state index contributed by atoms with van der Waals surface area (Å²) >= 11 is 0. The summed E-state index contributed by atoms with van der Waals surface area (Å²) in [5, 5.41) is 23.8. The molecule has 8 nitrogen and oxygen atoms in total. The summed E-state index contributed by atoms with van der Waals surface area (Å²) in [6.07, 6.45) is 5.16. The van der Waals surface area contributed by atoms with Gasteiger partial charge in [-0.1, -0.05) is 84.9 Å².